The summed E-state index contributed by atoms with van der Waals surface area (Å²) in [6.45, 7) is 6.30. The Hall–Kier alpha value is -3.38. The number of ether oxygens (including phenoxy) is 4. The summed E-state index contributed by atoms with van der Waals surface area (Å²) in [6, 6.07) is 13.8. The molecule has 0 radical (unpaired) electrons. The van der Waals surface area contributed by atoms with Crippen molar-refractivity contribution in [3.8, 4) is 0 Å². The summed E-state index contributed by atoms with van der Waals surface area (Å²) < 4.78 is 22.7. The molecule has 4 rings (SSSR count). The predicted molar refractivity (Wildman–Crippen MR) is 127 cm³/mol. The van der Waals surface area contributed by atoms with Crippen molar-refractivity contribution in [3.63, 3.8) is 0 Å². The molecule has 2 aliphatic rings. The van der Waals surface area contributed by atoms with Crippen LogP contribution in [-0.4, -0.2) is 31.9 Å². The molecule has 2 aromatic rings. The largest absolute Gasteiger partial charge is 0.471 e. The number of hydrogen-bond acceptors (Lipinski definition) is 6. The molecule has 1 aliphatic carbocycles. The molecule has 6 heteroatoms. The maximum absolute atomic E-state index is 12.9. The van der Waals surface area contributed by atoms with Gasteiger partial charge in [0.15, 0.2) is 0 Å². The molecule has 0 bridgehead atoms. The average Bonchev–Trinajstić information content (AvgIpc) is 3.25. The highest BCUT2D eigenvalue weighted by Crippen LogP contribution is 2.44. The van der Waals surface area contributed by atoms with Crippen molar-refractivity contribution in [3.05, 3.63) is 93.8 Å². The van der Waals surface area contributed by atoms with Crippen LogP contribution in [0.15, 0.2) is 65.9 Å². The number of rotatable bonds is 7. The van der Waals surface area contributed by atoms with E-state index in [1.807, 2.05) is 69.3 Å². The molecule has 0 N–H and O–H groups in total. The van der Waals surface area contributed by atoms with Gasteiger partial charge in [0.2, 0.25) is 6.29 Å². The van der Waals surface area contributed by atoms with Crippen molar-refractivity contribution < 1.29 is 28.5 Å². The Morgan fingerprint density at radius 2 is 1.71 bits per heavy atom. The summed E-state index contributed by atoms with van der Waals surface area (Å²) in [5.74, 6) is -1.19. The van der Waals surface area contributed by atoms with Gasteiger partial charge < -0.3 is 18.9 Å². The smallest absolute Gasteiger partial charge is 0.338 e. The maximum atomic E-state index is 12.9. The molecule has 0 unspecified atom stereocenters. The minimum Gasteiger partial charge on any atom is -0.471 e. The number of esters is 2. The van der Waals surface area contributed by atoms with E-state index in [1.165, 1.54) is 13.4 Å². The van der Waals surface area contributed by atoms with Crippen LogP contribution in [0.2, 0.25) is 0 Å². The van der Waals surface area contributed by atoms with Crippen molar-refractivity contribution in [2.75, 3.05) is 13.7 Å². The lowest BCUT2D eigenvalue weighted by Crippen LogP contribution is -2.37. The Balaban J connectivity index is 1.50. The Labute approximate surface area is 200 Å². The molecule has 0 spiro atoms. The topological polar surface area (TPSA) is 71.1 Å². The highest BCUT2D eigenvalue weighted by Gasteiger charge is 2.45. The van der Waals surface area contributed by atoms with E-state index >= 15 is 0 Å². The van der Waals surface area contributed by atoms with Crippen LogP contribution in [0.1, 0.15) is 39.0 Å². The predicted octanol–water partition coefficient (Wildman–Crippen LogP) is 4.96. The highest BCUT2D eigenvalue weighted by atomic mass is 16.7. The van der Waals surface area contributed by atoms with Gasteiger partial charge in [-0.1, -0.05) is 54.1 Å². The van der Waals surface area contributed by atoms with Crippen LogP contribution in [-0.2, 0) is 30.3 Å². The number of aryl methyl sites for hydroxylation is 3. The van der Waals surface area contributed by atoms with Crippen LogP contribution in [0.25, 0.3) is 0 Å². The molecular weight excluding hydrogens is 432 g/mol. The Morgan fingerprint density at radius 1 is 1.00 bits per heavy atom. The number of carbonyl (C=O) groups is 2. The first-order valence-electron chi connectivity index (χ1n) is 11.4. The Bertz CT molecular complexity index is 1110. The van der Waals surface area contributed by atoms with Gasteiger partial charge in [-0.15, -0.1) is 0 Å². The fourth-order valence-corrected chi connectivity index (χ4v) is 4.91. The first kappa shape index (κ1) is 23.8. The van der Waals surface area contributed by atoms with E-state index < -0.39 is 12.3 Å². The van der Waals surface area contributed by atoms with E-state index in [9.17, 15) is 9.59 Å². The third-order valence-corrected chi connectivity index (χ3v) is 6.45. The molecule has 6 nitrogen and oxygen atoms in total. The highest BCUT2D eigenvalue weighted by molar-refractivity contribution is 5.93. The summed E-state index contributed by atoms with van der Waals surface area (Å²) in [7, 11) is 1.35. The number of fused-ring (bicyclic) bond motifs is 1. The van der Waals surface area contributed by atoms with Crippen LogP contribution >= 0.6 is 0 Å². The minimum absolute atomic E-state index is 0.107. The van der Waals surface area contributed by atoms with Gasteiger partial charge in [-0.3, -0.25) is 0 Å². The van der Waals surface area contributed by atoms with Crippen LogP contribution in [0, 0.1) is 32.6 Å². The number of methoxy groups -OCH3 is 1. The second-order valence-corrected chi connectivity index (χ2v) is 8.86. The summed E-state index contributed by atoms with van der Waals surface area (Å²) in [4.78, 5) is 25.3. The van der Waals surface area contributed by atoms with Crippen molar-refractivity contribution in [2.45, 2.75) is 40.1 Å². The molecule has 0 aromatic heterocycles. The molecule has 1 heterocycles. The third-order valence-electron chi connectivity index (χ3n) is 6.45. The van der Waals surface area contributed by atoms with Gasteiger partial charge in [0.1, 0.15) is 6.61 Å². The van der Waals surface area contributed by atoms with Crippen molar-refractivity contribution in [1.29, 1.82) is 0 Å². The van der Waals surface area contributed by atoms with Crippen molar-refractivity contribution in [1.82, 2.24) is 0 Å². The zero-order valence-corrected chi connectivity index (χ0v) is 20.0. The lowest BCUT2D eigenvalue weighted by Gasteiger charge is -2.34. The van der Waals surface area contributed by atoms with Crippen molar-refractivity contribution in [2.24, 2.45) is 11.8 Å². The molecular formula is C28H30O6. The van der Waals surface area contributed by atoms with Crippen molar-refractivity contribution >= 4 is 11.9 Å². The number of allylic oxidation sites excluding steroid dienone is 1. The molecule has 1 aliphatic heterocycles. The van der Waals surface area contributed by atoms with Crippen LogP contribution < -0.4 is 0 Å². The van der Waals surface area contributed by atoms with Gasteiger partial charge >= 0.3 is 11.9 Å². The monoisotopic (exact) mass is 462 g/mol. The van der Waals surface area contributed by atoms with Crippen LogP contribution in [0.4, 0.5) is 0 Å². The fourth-order valence-electron chi connectivity index (χ4n) is 4.91. The van der Waals surface area contributed by atoms with E-state index in [0.29, 0.717) is 24.2 Å². The van der Waals surface area contributed by atoms with Gasteiger partial charge in [0.05, 0.1) is 37.0 Å². The Kier molecular flexibility index (Phi) is 7.17. The molecule has 2 aromatic carbocycles. The Morgan fingerprint density at radius 3 is 2.38 bits per heavy atom. The molecule has 0 fully saturated rings. The number of carbonyl (C=O) groups excluding carboxylic acids is 2. The summed E-state index contributed by atoms with van der Waals surface area (Å²) in [5.41, 5.74) is 5.85. The summed E-state index contributed by atoms with van der Waals surface area (Å²) >= 11 is 0. The maximum Gasteiger partial charge on any atom is 0.338 e. The van der Waals surface area contributed by atoms with Gasteiger partial charge in [-0.25, -0.2) is 9.59 Å². The number of hydrogen-bond donors (Lipinski definition) is 0. The minimum atomic E-state index is -0.603. The first-order valence-corrected chi connectivity index (χ1v) is 11.4. The van der Waals surface area contributed by atoms with E-state index in [1.54, 1.807) is 0 Å². The van der Waals surface area contributed by atoms with Gasteiger partial charge in [-0.2, -0.15) is 0 Å². The molecule has 178 valence electrons. The van der Waals surface area contributed by atoms with E-state index in [2.05, 4.69) is 0 Å². The summed E-state index contributed by atoms with van der Waals surface area (Å²) in [6.07, 6.45) is 3.48. The quantitative estimate of drug-likeness (QED) is 0.428. The normalized spacial score (nSPS) is 21.1. The fraction of sp³-hybridized carbons (Fsp3) is 0.357. The van der Waals surface area contributed by atoms with Crippen LogP contribution in [0.3, 0.4) is 0 Å². The second kappa shape index (κ2) is 10.3. The number of benzene rings is 2. The van der Waals surface area contributed by atoms with Crippen LogP contribution in [0.5, 0.6) is 0 Å². The second-order valence-electron chi connectivity index (χ2n) is 8.86. The lowest BCUT2D eigenvalue weighted by atomic mass is 9.83. The van der Waals surface area contributed by atoms with Gasteiger partial charge in [0, 0.05) is 5.92 Å². The first-order chi connectivity index (χ1) is 16.4. The van der Waals surface area contributed by atoms with E-state index in [0.717, 1.165) is 27.8 Å². The van der Waals surface area contributed by atoms with E-state index in [-0.39, 0.29) is 24.4 Å². The molecule has 3 atom stereocenters. The zero-order chi connectivity index (χ0) is 24.2. The third kappa shape index (κ3) is 4.92. The van der Waals surface area contributed by atoms with Gasteiger partial charge in [0.25, 0.3) is 0 Å². The standard InChI is InChI=1S/C28H30O6/c1-17-12-18(2)24(19(3)13-17)27(30)32-15-21-10-11-22-23(26(29)31-4)16-34-28(25(21)22)33-14-20-8-6-5-7-9-20/h5-10,12-13,16,22,25,28H,11,14-15H2,1-4H3/t22-,25-,28-/m1/s1. The SMILES string of the molecule is COC(=O)C1=CO[C@@H](OCc2ccccc2)[C@@H]2C(COC(=O)c3c(C)cc(C)cc3C)=CC[C@H]12. The average molecular weight is 463 g/mol. The molecule has 34 heavy (non-hydrogen) atoms. The molecule has 0 amide bonds. The zero-order valence-electron chi connectivity index (χ0n) is 20.0. The van der Waals surface area contributed by atoms with E-state index in [4.69, 9.17) is 18.9 Å². The molecule has 0 saturated heterocycles. The summed E-state index contributed by atoms with van der Waals surface area (Å²) in [5, 5.41) is 0. The molecule has 0 saturated carbocycles. The van der Waals surface area contributed by atoms with Gasteiger partial charge in [-0.05, 0) is 49.5 Å². The lowest BCUT2D eigenvalue weighted by molar-refractivity contribution is -0.161.